The first kappa shape index (κ1) is 22.9. The minimum atomic E-state index is -0.400. The molecule has 0 radical (unpaired) electrons. The maximum absolute atomic E-state index is 12.8. The van der Waals surface area contributed by atoms with Gasteiger partial charge in [0.2, 0.25) is 0 Å². The van der Waals surface area contributed by atoms with E-state index in [1.807, 2.05) is 72.8 Å². The van der Waals surface area contributed by atoms with Gasteiger partial charge in [-0.25, -0.2) is 0 Å². The van der Waals surface area contributed by atoms with Gasteiger partial charge in [-0.1, -0.05) is 91.0 Å². The normalized spacial score (nSPS) is 12.1. The first-order valence-corrected chi connectivity index (χ1v) is 9.39. The number of benzene rings is 3. The van der Waals surface area contributed by atoms with E-state index in [0.717, 1.165) is 22.8 Å². The van der Waals surface area contributed by atoms with E-state index in [9.17, 15) is 5.11 Å². The standard InChI is InChI=1S/C25H24N2O.Na/c26-17-16-25(28)24(18-21-10-4-1-5-11-21)27(19-22-12-6-2-7-13-22)20-23-14-8-3-9-15-23;/h1-16,24,28H,18-20H2;/q;+1/p-1/b25-16-;. The van der Waals surface area contributed by atoms with Crippen LogP contribution in [-0.2, 0) is 19.5 Å². The van der Waals surface area contributed by atoms with Crippen molar-refractivity contribution in [2.24, 2.45) is 0 Å². The molecule has 0 saturated heterocycles. The van der Waals surface area contributed by atoms with Crippen LogP contribution in [-0.4, -0.2) is 10.9 Å². The molecule has 0 fully saturated rings. The molecule has 0 aliphatic carbocycles. The fourth-order valence-corrected chi connectivity index (χ4v) is 3.32. The largest absolute Gasteiger partial charge is 1.00 e. The Hall–Kier alpha value is -2.35. The molecule has 29 heavy (non-hydrogen) atoms. The molecule has 0 aliphatic heterocycles. The van der Waals surface area contributed by atoms with Gasteiger partial charge in [0.1, 0.15) is 0 Å². The third-order valence-corrected chi connectivity index (χ3v) is 4.70. The Morgan fingerprint density at radius 2 is 1.21 bits per heavy atom. The molecule has 0 amide bonds. The zero-order valence-electron chi connectivity index (χ0n) is 16.7. The summed E-state index contributed by atoms with van der Waals surface area (Å²) in [7, 11) is 0. The van der Waals surface area contributed by atoms with Gasteiger partial charge in [0, 0.05) is 25.2 Å². The molecule has 0 saturated carbocycles. The average molecular weight is 390 g/mol. The van der Waals surface area contributed by atoms with Crippen molar-refractivity contribution in [2.45, 2.75) is 25.6 Å². The van der Waals surface area contributed by atoms with E-state index in [-0.39, 0.29) is 35.3 Å². The van der Waals surface area contributed by atoms with E-state index >= 15 is 0 Å². The molecule has 0 heterocycles. The quantitative estimate of drug-likeness (QED) is 0.329. The van der Waals surface area contributed by atoms with Crippen molar-refractivity contribution in [1.82, 2.24) is 4.90 Å². The fraction of sp³-hybridized carbons (Fsp3) is 0.160. The van der Waals surface area contributed by atoms with Crippen molar-refractivity contribution in [1.29, 1.82) is 5.26 Å². The smallest absolute Gasteiger partial charge is 0.874 e. The molecular formula is C25H23N2NaO. The molecule has 3 aromatic rings. The molecule has 3 aromatic carbocycles. The molecule has 1 unspecified atom stereocenters. The minimum absolute atomic E-state index is 0. The summed E-state index contributed by atoms with van der Waals surface area (Å²) >= 11 is 0. The average Bonchev–Trinajstić information content (AvgIpc) is 2.74. The van der Waals surface area contributed by atoms with Crippen molar-refractivity contribution in [3.63, 3.8) is 0 Å². The summed E-state index contributed by atoms with van der Waals surface area (Å²) in [5, 5.41) is 21.9. The molecule has 0 bridgehead atoms. The Bertz CT molecular complexity index is 880. The third-order valence-electron chi connectivity index (χ3n) is 4.70. The van der Waals surface area contributed by atoms with Crippen LogP contribution in [0.15, 0.2) is 103 Å². The van der Waals surface area contributed by atoms with Crippen molar-refractivity contribution < 1.29 is 34.7 Å². The van der Waals surface area contributed by atoms with Gasteiger partial charge in [-0.3, -0.25) is 4.90 Å². The van der Waals surface area contributed by atoms with Gasteiger partial charge >= 0.3 is 29.6 Å². The predicted molar refractivity (Wildman–Crippen MR) is 110 cm³/mol. The van der Waals surface area contributed by atoms with Crippen molar-refractivity contribution in [3.05, 3.63) is 120 Å². The molecule has 3 nitrogen and oxygen atoms in total. The second-order valence-electron chi connectivity index (χ2n) is 6.76. The van der Waals surface area contributed by atoms with Gasteiger partial charge in [0.05, 0.1) is 6.07 Å². The Labute approximate surface area is 195 Å². The molecular weight excluding hydrogens is 367 g/mol. The zero-order valence-corrected chi connectivity index (χ0v) is 18.7. The number of nitriles is 1. The summed E-state index contributed by atoms with van der Waals surface area (Å²) in [4.78, 5) is 2.16. The monoisotopic (exact) mass is 390 g/mol. The molecule has 0 aromatic heterocycles. The summed E-state index contributed by atoms with van der Waals surface area (Å²) in [5.74, 6) is -0.154. The van der Waals surface area contributed by atoms with E-state index in [2.05, 4.69) is 29.2 Å². The van der Waals surface area contributed by atoms with Gasteiger partial charge in [-0.2, -0.15) is 5.26 Å². The van der Waals surface area contributed by atoms with Crippen LogP contribution in [0.5, 0.6) is 0 Å². The predicted octanol–water partition coefficient (Wildman–Crippen LogP) is 1.07. The summed E-state index contributed by atoms with van der Waals surface area (Å²) < 4.78 is 0. The molecule has 3 rings (SSSR count). The van der Waals surface area contributed by atoms with Gasteiger partial charge in [0.15, 0.2) is 0 Å². The van der Waals surface area contributed by atoms with Crippen LogP contribution in [0.2, 0.25) is 0 Å². The Morgan fingerprint density at radius 3 is 1.62 bits per heavy atom. The van der Waals surface area contributed by atoms with E-state index in [4.69, 9.17) is 5.26 Å². The summed E-state index contributed by atoms with van der Waals surface area (Å²) in [5.41, 5.74) is 3.36. The van der Waals surface area contributed by atoms with Crippen LogP contribution in [0.4, 0.5) is 0 Å². The minimum Gasteiger partial charge on any atom is -0.874 e. The van der Waals surface area contributed by atoms with Crippen LogP contribution in [0.25, 0.3) is 0 Å². The van der Waals surface area contributed by atoms with Crippen molar-refractivity contribution >= 4 is 0 Å². The molecule has 0 N–H and O–H groups in total. The number of nitrogens with zero attached hydrogens (tertiary/aromatic N) is 2. The van der Waals surface area contributed by atoms with Crippen molar-refractivity contribution in [2.75, 3.05) is 0 Å². The summed E-state index contributed by atoms with van der Waals surface area (Å²) in [6.07, 6.45) is 1.70. The van der Waals surface area contributed by atoms with Crippen LogP contribution >= 0.6 is 0 Å². The SMILES string of the molecule is N#C/C=C(\[O-])C(Cc1ccccc1)N(Cc1ccccc1)Cc1ccccc1.[Na+]. The Balaban J connectivity index is 0.00000300. The molecule has 4 heteroatoms. The number of allylic oxidation sites excluding steroid dienone is 1. The Kier molecular flexibility index (Phi) is 9.70. The molecule has 140 valence electrons. The van der Waals surface area contributed by atoms with E-state index in [1.165, 1.54) is 0 Å². The van der Waals surface area contributed by atoms with E-state index in [1.54, 1.807) is 0 Å². The van der Waals surface area contributed by atoms with Crippen LogP contribution in [0, 0.1) is 11.3 Å². The zero-order chi connectivity index (χ0) is 19.6. The van der Waals surface area contributed by atoms with Crippen LogP contribution < -0.4 is 34.7 Å². The molecule has 0 aliphatic rings. The maximum atomic E-state index is 12.8. The van der Waals surface area contributed by atoms with Crippen LogP contribution in [0.1, 0.15) is 16.7 Å². The maximum Gasteiger partial charge on any atom is 1.00 e. The molecule has 0 spiro atoms. The van der Waals surface area contributed by atoms with E-state index < -0.39 is 6.04 Å². The van der Waals surface area contributed by atoms with Gasteiger partial charge in [0.25, 0.3) is 0 Å². The fourth-order valence-electron chi connectivity index (χ4n) is 3.32. The number of hydrogen-bond acceptors (Lipinski definition) is 3. The number of rotatable bonds is 8. The van der Waals surface area contributed by atoms with Crippen molar-refractivity contribution in [3.8, 4) is 6.07 Å². The summed E-state index contributed by atoms with van der Waals surface area (Å²) in [6.45, 7) is 1.27. The molecule has 1 atom stereocenters. The first-order valence-electron chi connectivity index (χ1n) is 9.39. The second-order valence-corrected chi connectivity index (χ2v) is 6.76. The topological polar surface area (TPSA) is 50.1 Å². The first-order chi connectivity index (χ1) is 13.8. The Morgan fingerprint density at radius 1 is 0.793 bits per heavy atom. The summed E-state index contributed by atoms with van der Waals surface area (Å²) in [6, 6.07) is 31.7. The van der Waals surface area contributed by atoms with Gasteiger partial charge in [-0.15, -0.1) is 5.76 Å². The number of hydrogen-bond donors (Lipinski definition) is 0. The second kappa shape index (κ2) is 12.3. The van der Waals surface area contributed by atoms with Gasteiger partial charge < -0.3 is 5.11 Å². The van der Waals surface area contributed by atoms with E-state index in [0.29, 0.717) is 19.5 Å². The third kappa shape index (κ3) is 7.20. The van der Waals surface area contributed by atoms with Crippen LogP contribution in [0.3, 0.4) is 0 Å². The van der Waals surface area contributed by atoms with Gasteiger partial charge in [-0.05, 0) is 23.1 Å².